The summed E-state index contributed by atoms with van der Waals surface area (Å²) in [5.74, 6) is -0.222. The summed E-state index contributed by atoms with van der Waals surface area (Å²) < 4.78 is 5.04. The summed E-state index contributed by atoms with van der Waals surface area (Å²) in [6.45, 7) is 2.12. The zero-order chi connectivity index (χ0) is 10.7. The predicted molar refractivity (Wildman–Crippen MR) is 50.9 cm³/mol. The van der Waals surface area contributed by atoms with Crippen LogP contribution in [0.15, 0.2) is 12.1 Å². The molecule has 0 aromatic heterocycles. The number of phenols is 1. The molecule has 1 N–H and O–H groups in total. The molecule has 0 aliphatic rings. The van der Waals surface area contributed by atoms with Crippen molar-refractivity contribution in [2.45, 2.75) is 6.92 Å². The summed E-state index contributed by atoms with van der Waals surface area (Å²) >= 11 is 5.68. The molecule has 0 radical (unpaired) electrons. The van der Waals surface area contributed by atoms with Gasteiger partial charge in [0, 0.05) is 12.1 Å². The molecule has 0 bridgehead atoms. The van der Waals surface area contributed by atoms with Crippen molar-refractivity contribution in [1.29, 1.82) is 0 Å². The fraction of sp³-hybridized carbons (Fsp3) is 0.250. The summed E-state index contributed by atoms with van der Waals surface area (Å²) in [6.07, 6.45) is 0. The van der Waals surface area contributed by atoms with Crippen LogP contribution in [0, 0.1) is 10.1 Å². The lowest BCUT2D eigenvalue weighted by atomic mass is 10.3. The van der Waals surface area contributed by atoms with E-state index >= 15 is 0 Å². The van der Waals surface area contributed by atoms with Crippen LogP contribution in [0.25, 0.3) is 0 Å². The van der Waals surface area contributed by atoms with E-state index < -0.39 is 16.4 Å². The summed E-state index contributed by atoms with van der Waals surface area (Å²) in [6, 6.07) is 2.19. The molecular formula is C8H8ClNO4. The first-order valence-corrected chi connectivity index (χ1v) is 4.23. The van der Waals surface area contributed by atoms with Crippen molar-refractivity contribution in [3.63, 3.8) is 0 Å². The fourth-order valence-electron chi connectivity index (χ4n) is 0.945. The van der Waals surface area contributed by atoms with Crippen molar-refractivity contribution in [2.75, 3.05) is 6.61 Å². The minimum atomic E-state index is -0.711. The van der Waals surface area contributed by atoms with Crippen LogP contribution in [0.1, 0.15) is 6.92 Å². The molecule has 0 unspecified atom stereocenters. The Bertz CT molecular complexity index is 367. The molecule has 0 heterocycles. The SMILES string of the molecule is CCOc1cc(O)c([N+](=O)[O-])cc1Cl. The van der Waals surface area contributed by atoms with E-state index in [9.17, 15) is 15.2 Å². The lowest BCUT2D eigenvalue weighted by Gasteiger charge is -2.05. The highest BCUT2D eigenvalue weighted by molar-refractivity contribution is 6.32. The zero-order valence-electron chi connectivity index (χ0n) is 7.36. The zero-order valence-corrected chi connectivity index (χ0v) is 8.11. The Morgan fingerprint density at radius 2 is 2.29 bits per heavy atom. The molecule has 1 rings (SSSR count). The van der Waals surface area contributed by atoms with Gasteiger partial charge in [-0.3, -0.25) is 10.1 Å². The second kappa shape index (κ2) is 4.15. The number of benzene rings is 1. The van der Waals surface area contributed by atoms with Crippen LogP contribution in [0.2, 0.25) is 5.02 Å². The fourth-order valence-corrected chi connectivity index (χ4v) is 1.16. The molecule has 0 fully saturated rings. The lowest BCUT2D eigenvalue weighted by molar-refractivity contribution is -0.385. The van der Waals surface area contributed by atoms with Crippen LogP contribution in [-0.2, 0) is 0 Å². The van der Waals surface area contributed by atoms with Gasteiger partial charge >= 0.3 is 5.69 Å². The quantitative estimate of drug-likeness (QED) is 0.623. The van der Waals surface area contributed by atoms with Crippen molar-refractivity contribution in [3.8, 4) is 11.5 Å². The summed E-state index contributed by atoms with van der Waals surface area (Å²) in [5, 5.41) is 19.7. The third-order valence-corrected chi connectivity index (χ3v) is 1.82. The van der Waals surface area contributed by atoms with E-state index in [0.717, 1.165) is 12.1 Å². The minimum absolute atomic E-state index is 0.108. The number of rotatable bonds is 3. The van der Waals surface area contributed by atoms with Crippen LogP contribution >= 0.6 is 11.6 Å². The second-order valence-corrected chi connectivity index (χ2v) is 2.87. The van der Waals surface area contributed by atoms with Crippen molar-refractivity contribution < 1.29 is 14.8 Å². The van der Waals surface area contributed by atoms with Gasteiger partial charge in [-0.05, 0) is 6.92 Å². The Labute approximate surface area is 85.0 Å². The number of phenolic OH excluding ortho intramolecular Hbond substituents is 1. The molecule has 76 valence electrons. The van der Waals surface area contributed by atoms with Crippen molar-refractivity contribution in [2.24, 2.45) is 0 Å². The van der Waals surface area contributed by atoms with E-state index in [1.807, 2.05) is 0 Å². The number of aromatic hydroxyl groups is 1. The van der Waals surface area contributed by atoms with Gasteiger partial charge in [-0.25, -0.2) is 0 Å². The summed E-state index contributed by atoms with van der Waals surface area (Å²) in [4.78, 5) is 9.68. The standard InChI is InChI=1S/C8H8ClNO4/c1-2-14-8-4-7(11)6(10(12)13)3-5(8)9/h3-4,11H,2H2,1H3. The topological polar surface area (TPSA) is 72.6 Å². The summed E-state index contributed by atoms with van der Waals surface area (Å²) in [5.41, 5.74) is -0.432. The normalized spacial score (nSPS) is 9.86. The number of hydrogen-bond acceptors (Lipinski definition) is 4. The van der Waals surface area contributed by atoms with Gasteiger partial charge in [0.15, 0.2) is 5.75 Å². The molecule has 0 amide bonds. The van der Waals surface area contributed by atoms with Crippen molar-refractivity contribution >= 4 is 17.3 Å². The Hall–Kier alpha value is -1.49. The Morgan fingerprint density at radius 3 is 2.79 bits per heavy atom. The molecule has 1 aromatic rings. The van der Waals surface area contributed by atoms with Gasteiger partial charge in [0.2, 0.25) is 0 Å². The van der Waals surface area contributed by atoms with Crippen molar-refractivity contribution in [3.05, 3.63) is 27.3 Å². The Morgan fingerprint density at radius 1 is 1.64 bits per heavy atom. The highest BCUT2D eigenvalue weighted by atomic mass is 35.5. The monoisotopic (exact) mass is 217 g/mol. The Balaban J connectivity index is 3.17. The van der Waals surface area contributed by atoms with E-state index in [1.165, 1.54) is 0 Å². The van der Waals surface area contributed by atoms with E-state index in [1.54, 1.807) is 6.92 Å². The van der Waals surface area contributed by atoms with Crippen molar-refractivity contribution in [1.82, 2.24) is 0 Å². The molecular weight excluding hydrogens is 210 g/mol. The smallest absolute Gasteiger partial charge is 0.312 e. The third kappa shape index (κ3) is 2.05. The second-order valence-electron chi connectivity index (χ2n) is 2.46. The molecule has 0 atom stereocenters. The molecule has 0 aliphatic carbocycles. The third-order valence-electron chi connectivity index (χ3n) is 1.53. The molecule has 14 heavy (non-hydrogen) atoms. The largest absolute Gasteiger partial charge is 0.502 e. The van der Waals surface area contributed by atoms with E-state index in [2.05, 4.69) is 0 Å². The average Bonchev–Trinajstić information content (AvgIpc) is 2.10. The molecule has 1 aromatic carbocycles. The van der Waals surface area contributed by atoms with Gasteiger partial charge in [-0.15, -0.1) is 0 Å². The van der Waals surface area contributed by atoms with Crippen LogP contribution in [0.5, 0.6) is 11.5 Å². The van der Waals surface area contributed by atoms with Crippen LogP contribution in [0.3, 0.4) is 0 Å². The van der Waals surface area contributed by atoms with Crippen LogP contribution in [-0.4, -0.2) is 16.6 Å². The first-order valence-electron chi connectivity index (χ1n) is 3.86. The number of hydrogen-bond donors (Lipinski definition) is 1. The average molecular weight is 218 g/mol. The lowest BCUT2D eigenvalue weighted by Crippen LogP contribution is -1.94. The maximum absolute atomic E-state index is 10.4. The van der Waals surface area contributed by atoms with Crippen LogP contribution < -0.4 is 4.74 Å². The van der Waals surface area contributed by atoms with Gasteiger partial charge in [-0.2, -0.15) is 0 Å². The molecule has 0 saturated heterocycles. The maximum Gasteiger partial charge on any atom is 0.312 e. The van der Waals surface area contributed by atoms with Gasteiger partial charge in [0.05, 0.1) is 16.6 Å². The molecule has 0 spiro atoms. The van der Waals surface area contributed by atoms with E-state index in [-0.39, 0.29) is 10.8 Å². The molecule has 0 saturated carbocycles. The van der Waals surface area contributed by atoms with E-state index in [0.29, 0.717) is 6.61 Å². The van der Waals surface area contributed by atoms with Gasteiger partial charge in [-0.1, -0.05) is 11.6 Å². The molecule has 5 nitrogen and oxygen atoms in total. The number of nitro benzene ring substituents is 1. The molecule has 6 heteroatoms. The van der Waals surface area contributed by atoms with Gasteiger partial charge in [0.1, 0.15) is 5.75 Å². The van der Waals surface area contributed by atoms with Gasteiger partial charge in [0.25, 0.3) is 0 Å². The predicted octanol–water partition coefficient (Wildman–Crippen LogP) is 2.35. The van der Waals surface area contributed by atoms with E-state index in [4.69, 9.17) is 16.3 Å². The first-order chi connectivity index (χ1) is 6.56. The van der Waals surface area contributed by atoms with Crippen LogP contribution in [0.4, 0.5) is 5.69 Å². The first kappa shape index (κ1) is 10.6. The number of ether oxygens (including phenoxy) is 1. The maximum atomic E-state index is 10.4. The number of halogens is 1. The minimum Gasteiger partial charge on any atom is -0.502 e. The highest BCUT2D eigenvalue weighted by Gasteiger charge is 2.17. The Kier molecular flexibility index (Phi) is 3.14. The van der Waals surface area contributed by atoms with Gasteiger partial charge < -0.3 is 9.84 Å². The number of nitrogens with zero attached hydrogens (tertiary/aromatic N) is 1. The summed E-state index contributed by atoms with van der Waals surface area (Å²) in [7, 11) is 0. The highest BCUT2D eigenvalue weighted by Crippen LogP contribution is 2.36. The molecule has 0 aliphatic heterocycles. The number of nitro groups is 1.